The van der Waals surface area contributed by atoms with Crippen molar-refractivity contribution in [1.29, 1.82) is 0 Å². The monoisotopic (exact) mass is 334 g/mol. The smallest absolute Gasteiger partial charge is 0.274 e. The Kier molecular flexibility index (Phi) is 3.92. The van der Waals surface area contributed by atoms with Crippen molar-refractivity contribution < 1.29 is 4.79 Å². The molecule has 0 bridgehead atoms. The molecule has 1 aromatic rings. The van der Waals surface area contributed by atoms with Gasteiger partial charge in [0.1, 0.15) is 5.69 Å². The van der Waals surface area contributed by atoms with Crippen molar-refractivity contribution in [2.75, 3.05) is 31.9 Å². The van der Waals surface area contributed by atoms with Crippen molar-refractivity contribution in [3.8, 4) is 0 Å². The molecule has 1 atom stereocenters. The Bertz CT molecular complexity index is 587. The van der Waals surface area contributed by atoms with E-state index in [9.17, 15) is 4.79 Å². The molecule has 5 nitrogen and oxygen atoms in total. The van der Waals surface area contributed by atoms with Crippen LogP contribution in [0.3, 0.4) is 0 Å². The number of carbonyl (C=O) groups is 1. The number of likely N-dealkylation sites (tertiary alicyclic amines) is 2. The lowest BCUT2D eigenvalue weighted by Gasteiger charge is -2.47. The highest BCUT2D eigenvalue weighted by Crippen LogP contribution is 2.47. The molecule has 0 aromatic carbocycles. The maximum Gasteiger partial charge on any atom is 0.274 e. The molecular weight excluding hydrogens is 308 g/mol. The topological polar surface area (TPSA) is 41.4 Å². The van der Waals surface area contributed by atoms with Gasteiger partial charge in [0.05, 0.1) is 11.1 Å². The van der Waals surface area contributed by atoms with Gasteiger partial charge in [-0.25, -0.2) is 4.98 Å². The SMILES string of the molecule is CC1CCN(C2CSC3(C2)CN(C(=O)c2cn(C)cn2)C3)CC1. The van der Waals surface area contributed by atoms with Crippen LogP contribution in [0.25, 0.3) is 0 Å². The lowest BCUT2D eigenvalue weighted by atomic mass is 9.89. The first-order valence-electron chi connectivity index (χ1n) is 8.70. The fraction of sp³-hybridized carbons (Fsp3) is 0.765. The first kappa shape index (κ1) is 15.5. The number of carbonyl (C=O) groups excluding carboxylic acids is 1. The zero-order chi connectivity index (χ0) is 16.0. The van der Waals surface area contributed by atoms with Crippen LogP contribution in [0.4, 0.5) is 0 Å². The maximum atomic E-state index is 12.4. The van der Waals surface area contributed by atoms with Crippen molar-refractivity contribution in [3.63, 3.8) is 0 Å². The Morgan fingerprint density at radius 3 is 2.74 bits per heavy atom. The van der Waals surface area contributed by atoms with E-state index < -0.39 is 0 Å². The Morgan fingerprint density at radius 2 is 2.09 bits per heavy atom. The van der Waals surface area contributed by atoms with Crippen molar-refractivity contribution in [2.24, 2.45) is 13.0 Å². The molecule has 6 heteroatoms. The number of hydrogen-bond acceptors (Lipinski definition) is 4. The lowest BCUT2D eigenvalue weighted by Crippen LogP contribution is -2.61. The van der Waals surface area contributed by atoms with E-state index in [0.29, 0.717) is 10.4 Å². The van der Waals surface area contributed by atoms with Gasteiger partial charge in [0.25, 0.3) is 5.91 Å². The summed E-state index contributed by atoms with van der Waals surface area (Å²) in [4.78, 5) is 21.3. The minimum Gasteiger partial charge on any atom is -0.340 e. The zero-order valence-electron chi connectivity index (χ0n) is 14.1. The zero-order valence-corrected chi connectivity index (χ0v) is 14.9. The van der Waals surface area contributed by atoms with Gasteiger partial charge in [-0.1, -0.05) is 6.92 Å². The quantitative estimate of drug-likeness (QED) is 0.828. The summed E-state index contributed by atoms with van der Waals surface area (Å²) in [6.45, 7) is 6.69. The van der Waals surface area contributed by atoms with E-state index in [-0.39, 0.29) is 5.91 Å². The van der Waals surface area contributed by atoms with Gasteiger partial charge in [-0.3, -0.25) is 9.69 Å². The average molecular weight is 334 g/mol. The normalized spacial score (nSPS) is 28.3. The number of rotatable bonds is 2. The number of hydrogen-bond donors (Lipinski definition) is 0. The highest BCUT2D eigenvalue weighted by molar-refractivity contribution is 8.01. The summed E-state index contributed by atoms with van der Waals surface area (Å²) in [5.74, 6) is 2.22. The standard InChI is InChI=1S/C17H26N4OS/c1-13-3-5-20(6-4-13)14-7-17(23-9-14)10-21(11-17)16(22)15-8-19(2)12-18-15/h8,12-14H,3-7,9-11H2,1-2H3. The molecule has 23 heavy (non-hydrogen) atoms. The summed E-state index contributed by atoms with van der Waals surface area (Å²) in [6.07, 6.45) is 7.45. The lowest BCUT2D eigenvalue weighted by molar-refractivity contribution is 0.0505. The predicted octanol–water partition coefficient (Wildman–Crippen LogP) is 1.85. The summed E-state index contributed by atoms with van der Waals surface area (Å²) >= 11 is 2.09. The van der Waals surface area contributed by atoms with Crippen molar-refractivity contribution in [3.05, 3.63) is 18.2 Å². The first-order valence-corrected chi connectivity index (χ1v) is 9.68. The van der Waals surface area contributed by atoms with Crippen LogP contribution in [0.5, 0.6) is 0 Å². The molecule has 126 valence electrons. The number of nitrogens with zero attached hydrogens (tertiary/aromatic N) is 4. The number of thioether (sulfide) groups is 1. The van der Waals surface area contributed by atoms with E-state index in [1.807, 2.05) is 22.7 Å². The first-order chi connectivity index (χ1) is 11.0. The largest absolute Gasteiger partial charge is 0.340 e. The molecule has 4 rings (SSSR count). The number of piperidine rings is 1. The third-order valence-electron chi connectivity index (χ3n) is 5.69. The van der Waals surface area contributed by atoms with Gasteiger partial charge in [0, 0.05) is 38.1 Å². The van der Waals surface area contributed by atoms with Crippen LogP contribution in [0.2, 0.25) is 0 Å². The highest BCUT2D eigenvalue weighted by atomic mass is 32.2. The van der Waals surface area contributed by atoms with E-state index in [4.69, 9.17) is 0 Å². The Morgan fingerprint density at radius 1 is 1.35 bits per heavy atom. The highest BCUT2D eigenvalue weighted by Gasteiger charge is 2.51. The second kappa shape index (κ2) is 5.81. The molecule has 1 spiro atoms. The van der Waals surface area contributed by atoms with Crippen LogP contribution in [0.1, 0.15) is 36.7 Å². The van der Waals surface area contributed by atoms with E-state index in [0.717, 1.165) is 25.0 Å². The number of amides is 1. The molecule has 0 saturated carbocycles. The van der Waals surface area contributed by atoms with Crippen LogP contribution in [0.15, 0.2) is 12.5 Å². The molecule has 1 amide bonds. The van der Waals surface area contributed by atoms with Crippen molar-refractivity contribution in [2.45, 2.75) is 37.0 Å². The second-order valence-corrected chi connectivity index (χ2v) is 9.14. The summed E-state index contributed by atoms with van der Waals surface area (Å²) in [5.41, 5.74) is 0.576. The Balaban J connectivity index is 1.32. The maximum absolute atomic E-state index is 12.4. The summed E-state index contributed by atoms with van der Waals surface area (Å²) in [6, 6.07) is 0.722. The van der Waals surface area contributed by atoms with E-state index in [2.05, 4.69) is 28.6 Å². The number of aryl methyl sites for hydroxylation is 1. The molecule has 3 aliphatic rings. The van der Waals surface area contributed by atoms with Crippen molar-refractivity contribution in [1.82, 2.24) is 19.4 Å². The van der Waals surface area contributed by atoms with Gasteiger partial charge in [0.2, 0.25) is 0 Å². The van der Waals surface area contributed by atoms with Crippen LogP contribution in [-0.4, -0.2) is 68.0 Å². The predicted molar refractivity (Wildman–Crippen MR) is 92.7 cm³/mol. The molecule has 1 aromatic heterocycles. The molecule has 3 aliphatic heterocycles. The summed E-state index contributed by atoms with van der Waals surface area (Å²) in [7, 11) is 1.90. The molecule has 0 N–H and O–H groups in total. The third-order valence-corrected chi connectivity index (χ3v) is 7.28. The van der Waals surface area contributed by atoms with E-state index >= 15 is 0 Å². The summed E-state index contributed by atoms with van der Waals surface area (Å²) in [5, 5.41) is 0. The van der Waals surface area contributed by atoms with Gasteiger partial charge >= 0.3 is 0 Å². The van der Waals surface area contributed by atoms with Gasteiger partial charge in [-0.15, -0.1) is 11.8 Å². The van der Waals surface area contributed by atoms with Crippen LogP contribution < -0.4 is 0 Å². The van der Waals surface area contributed by atoms with Gasteiger partial charge < -0.3 is 9.47 Å². The number of imidazole rings is 1. The fourth-order valence-corrected chi connectivity index (χ4v) is 5.83. The minimum absolute atomic E-state index is 0.0899. The van der Waals surface area contributed by atoms with Gasteiger partial charge in [0.15, 0.2) is 0 Å². The average Bonchev–Trinajstić information content (AvgIpc) is 3.12. The van der Waals surface area contributed by atoms with Crippen LogP contribution in [0, 0.1) is 5.92 Å². The molecular formula is C17H26N4OS. The fourth-order valence-electron chi connectivity index (χ4n) is 4.15. The summed E-state index contributed by atoms with van der Waals surface area (Å²) < 4.78 is 2.15. The molecule has 3 saturated heterocycles. The third kappa shape index (κ3) is 2.91. The Hall–Kier alpha value is -1.01. The van der Waals surface area contributed by atoms with Gasteiger partial charge in [-0.2, -0.15) is 0 Å². The van der Waals surface area contributed by atoms with Crippen molar-refractivity contribution >= 4 is 17.7 Å². The molecule has 4 heterocycles. The van der Waals surface area contributed by atoms with Crippen LogP contribution >= 0.6 is 11.8 Å². The second-order valence-electron chi connectivity index (χ2n) is 7.66. The Labute approximate surface area is 142 Å². The minimum atomic E-state index is 0.0899. The molecule has 0 radical (unpaired) electrons. The molecule has 3 fully saturated rings. The number of aromatic nitrogens is 2. The molecule has 1 unspecified atom stereocenters. The van der Waals surface area contributed by atoms with Crippen LogP contribution in [-0.2, 0) is 7.05 Å². The van der Waals surface area contributed by atoms with E-state index in [1.165, 1.54) is 38.1 Å². The van der Waals surface area contributed by atoms with E-state index in [1.54, 1.807) is 6.33 Å². The van der Waals surface area contributed by atoms with Gasteiger partial charge in [-0.05, 0) is 38.3 Å². The molecule has 0 aliphatic carbocycles.